The molecule has 1 saturated heterocycles. The maximum atomic E-state index is 13.2. The molecular formula is C25H23IN2O3S2. The van der Waals surface area contributed by atoms with Crippen LogP contribution in [0.2, 0.25) is 0 Å². The van der Waals surface area contributed by atoms with Crippen LogP contribution >= 0.6 is 46.6 Å². The standard InChI is InChI=1S/C25H23IN2O3S2/c1-15-5-9-18(10-6-15)14-31-23-20(26)11-19(12-21(23)30-4)13-22-24(29)28(25(32)33-22)27-16(2)7-8-17(27)3/h5-13H,14H2,1-4H3/b22-13-. The molecule has 1 aliphatic heterocycles. The molecule has 3 aromatic rings. The molecule has 5 nitrogen and oxygen atoms in total. The van der Waals surface area contributed by atoms with Gasteiger partial charge in [0.1, 0.15) is 6.61 Å². The van der Waals surface area contributed by atoms with Gasteiger partial charge in [0.15, 0.2) is 15.8 Å². The predicted octanol–water partition coefficient (Wildman–Crippen LogP) is 6.14. The van der Waals surface area contributed by atoms with Crippen molar-refractivity contribution in [1.29, 1.82) is 0 Å². The third-order valence-electron chi connectivity index (χ3n) is 5.26. The fourth-order valence-electron chi connectivity index (χ4n) is 3.56. The normalized spacial score (nSPS) is 14.9. The number of amides is 1. The lowest BCUT2D eigenvalue weighted by Crippen LogP contribution is -2.39. The number of hydrogen-bond donors (Lipinski definition) is 0. The number of hydrogen-bond acceptors (Lipinski definition) is 5. The number of aryl methyl sites for hydroxylation is 3. The Kier molecular flexibility index (Phi) is 7.16. The van der Waals surface area contributed by atoms with Crippen molar-refractivity contribution in [2.75, 3.05) is 12.1 Å². The largest absolute Gasteiger partial charge is 0.493 e. The van der Waals surface area contributed by atoms with E-state index >= 15 is 0 Å². The number of ether oxygens (including phenoxy) is 2. The first-order valence-corrected chi connectivity index (χ1v) is 12.6. The Morgan fingerprint density at radius 2 is 1.73 bits per heavy atom. The van der Waals surface area contributed by atoms with Crippen molar-refractivity contribution < 1.29 is 14.3 Å². The molecule has 1 amide bonds. The van der Waals surface area contributed by atoms with Crippen LogP contribution in [0.25, 0.3) is 6.08 Å². The van der Waals surface area contributed by atoms with Crippen molar-refractivity contribution in [1.82, 2.24) is 4.68 Å². The van der Waals surface area contributed by atoms with E-state index < -0.39 is 0 Å². The van der Waals surface area contributed by atoms with Crippen molar-refractivity contribution in [3.63, 3.8) is 0 Å². The summed E-state index contributed by atoms with van der Waals surface area (Å²) in [5.74, 6) is 1.16. The zero-order valence-electron chi connectivity index (χ0n) is 18.7. The van der Waals surface area contributed by atoms with E-state index in [-0.39, 0.29) is 5.91 Å². The van der Waals surface area contributed by atoms with Gasteiger partial charge >= 0.3 is 0 Å². The molecule has 1 aromatic heterocycles. The van der Waals surface area contributed by atoms with Crippen LogP contribution in [0.3, 0.4) is 0 Å². The lowest BCUT2D eigenvalue weighted by Gasteiger charge is -2.20. The molecule has 4 rings (SSSR count). The zero-order chi connectivity index (χ0) is 23.7. The molecule has 2 aromatic carbocycles. The minimum absolute atomic E-state index is 0.138. The molecule has 8 heteroatoms. The smallest absolute Gasteiger partial charge is 0.285 e. The molecule has 0 radical (unpaired) electrons. The number of rotatable bonds is 6. The van der Waals surface area contributed by atoms with E-state index in [0.717, 1.165) is 26.1 Å². The van der Waals surface area contributed by atoms with Crippen LogP contribution in [0.15, 0.2) is 53.4 Å². The molecule has 2 heterocycles. The molecule has 0 bridgehead atoms. The lowest BCUT2D eigenvalue weighted by molar-refractivity contribution is -0.114. The summed E-state index contributed by atoms with van der Waals surface area (Å²) in [6, 6.07) is 16.0. The van der Waals surface area contributed by atoms with E-state index in [9.17, 15) is 4.79 Å². The van der Waals surface area contributed by atoms with Gasteiger partial charge in [0.25, 0.3) is 5.91 Å². The third kappa shape index (κ3) is 4.97. The molecule has 0 N–H and O–H groups in total. The molecule has 33 heavy (non-hydrogen) atoms. The van der Waals surface area contributed by atoms with Crippen molar-refractivity contribution >= 4 is 62.9 Å². The molecule has 0 atom stereocenters. The van der Waals surface area contributed by atoms with E-state index in [1.54, 1.807) is 12.1 Å². The van der Waals surface area contributed by atoms with E-state index in [1.807, 2.05) is 48.9 Å². The number of thiocarbonyl (C=S) groups is 1. The molecule has 0 saturated carbocycles. The second kappa shape index (κ2) is 9.90. The van der Waals surface area contributed by atoms with Crippen LogP contribution in [-0.2, 0) is 11.4 Å². The van der Waals surface area contributed by atoms with Crippen LogP contribution in [0, 0.1) is 24.3 Å². The van der Waals surface area contributed by atoms with Gasteiger partial charge in [0.2, 0.25) is 0 Å². The number of carbonyl (C=O) groups is 1. The summed E-state index contributed by atoms with van der Waals surface area (Å²) in [6.07, 6.45) is 1.85. The van der Waals surface area contributed by atoms with Crippen LogP contribution in [0.4, 0.5) is 0 Å². The number of aromatic nitrogens is 1. The number of methoxy groups -OCH3 is 1. The molecule has 1 fully saturated rings. The van der Waals surface area contributed by atoms with Gasteiger partial charge in [-0.25, -0.2) is 0 Å². The van der Waals surface area contributed by atoms with Crippen molar-refractivity contribution in [3.8, 4) is 11.5 Å². The lowest BCUT2D eigenvalue weighted by atomic mass is 10.1. The van der Waals surface area contributed by atoms with Gasteiger partial charge in [0.05, 0.1) is 15.6 Å². The number of halogens is 1. The number of benzene rings is 2. The van der Waals surface area contributed by atoms with Crippen molar-refractivity contribution in [3.05, 3.63) is 85.1 Å². The molecule has 0 spiro atoms. The monoisotopic (exact) mass is 590 g/mol. The van der Waals surface area contributed by atoms with Crippen LogP contribution < -0.4 is 14.5 Å². The van der Waals surface area contributed by atoms with Gasteiger partial charge in [-0.3, -0.25) is 9.47 Å². The highest BCUT2D eigenvalue weighted by Crippen LogP contribution is 2.37. The van der Waals surface area contributed by atoms with Gasteiger partial charge in [-0.1, -0.05) is 41.6 Å². The van der Waals surface area contributed by atoms with E-state index in [4.69, 9.17) is 21.7 Å². The highest BCUT2D eigenvalue weighted by molar-refractivity contribution is 14.1. The van der Waals surface area contributed by atoms with Gasteiger partial charge in [-0.2, -0.15) is 5.01 Å². The van der Waals surface area contributed by atoms with E-state index in [1.165, 1.54) is 17.3 Å². The first-order chi connectivity index (χ1) is 15.8. The summed E-state index contributed by atoms with van der Waals surface area (Å²) in [7, 11) is 1.62. The summed E-state index contributed by atoms with van der Waals surface area (Å²) in [6.45, 7) is 6.42. The highest BCUT2D eigenvalue weighted by atomic mass is 127. The average Bonchev–Trinajstić information content (AvgIpc) is 3.24. The number of thioether (sulfide) groups is 1. The van der Waals surface area contributed by atoms with E-state index in [0.29, 0.717) is 27.3 Å². The molecule has 0 aliphatic carbocycles. The van der Waals surface area contributed by atoms with Gasteiger partial charge < -0.3 is 9.47 Å². The Bertz CT molecular complexity index is 1250. The fourth-order valence-corrected chi connectivity index (χ4v) is 5.59. The fraction of sp³-hybridized carbons (Fsp3) is 0.200. The predicted molar refractivity (Wildman–Crippen MR) is 147 cm³/mol. The quantitative estimate of drug-likeness (QED) is 0.196. The summed E-state index contributed by atoms with van der Waals surface area (Å²) in [5.41, 5.74) is 5.05. The topological polar surface area (TPSA) is 43.7 Å². The minimum Gasteiger partial charge on any atom is -0.493 e. The van der Waals surface area contributed by atoms with Crippen molar-refractivity contribution in [2.45, 2.75) is 27.4 Å². The first kappa shape index (κ1) is 23.8. The third-order valence-corrected chi connectivity index (χ3v) is 7.34. The highest BCUT2D eigenvalue weighted by Gasteiger charge is 2.34. The maximum Gasteiger partial charge on any atom is 0.285 e. The van der Waals surface area contributed by atoms with Gasteiger partial charge in [-0.05, 0) is 97.0 Å². The number of nitrogens with zero attached hydrogens (tertiary/aromatic N) is 2. The Labute approximate surface area is 216 Å². The van der Waals surface area contributed by atoms with Crippen LogP contribution in [0.1, 0.15) is 28.1 Å². The summed E-state index contributed by atoms with van der Waals surface area (Å²) in [5, 5.41) is 1.55. The zero-order valence-corrected chi connectivity index (χ0v) is 22.5. The molecule has 0 unspecified atom stereocenters. The summed E-state index contributed by atoms with van der Waals surface area (Å²) in [4.78, 5) is 13.8. The Balaban J connectivity index is 1.59. The second-order valence-electron chi connectivity index (χ2n) is 7.73. The van der Waals surface area contributed by atoms with Crippen molar-refractivity contribution in [2.24, 2.45) is 0 Å². The maximum absolute atomic E-state index is 13.2. The molecule has 170 valence electrons. The number of carbonyl (C=O) groups excluding carboxylic acids is 1. The van der Waals surface area contributed by atoms with Crippen LogP contribution in [0.5, 0.6) is 11.5 Å². The summed E-state index contributed by atoms with van der Waals surface area (Å²) >= 11 is 9.05. The summed E-state index contributed by atoms with van der Waals surface area (Å²) < 4.78 is 15.0. The first-order valence-electron chi connectivity index (χ1n) is 10.3. The second-order valence-corrected chi connectivity index (χ2v) is 10.6. The minimum atomic E-state index is -0.138. The molecule has 1 aliphatic rings. The molecular weight excluding hydrogens is 567 g/mol. The van der Waals surface area contributed by atoms with Crippen LogP contribution in [-0.4, -0.2) is 22.0 Å². The Morgan fingerprint density at radius 1 is 1.06 bits per heavy atom. The van der Waals surface area contributed by atoms with Gasteiger partial charge in [0, 0.05) is 11.4 Å². The Hall–Kier alpha value is -2.30. The van der Waals surface area contributed by atoms with Gasteiger partial charge in [-0.15, -0.1) is 0 Å². The SMILES string of the molecule is COc1cc(/C=C2\SC(=S)N(n3c(C)ccc3C)C2=O)cc(I)c1OCc1ccc(C)cc1. The Morgan fingerprint density at radius 3 is 2.36 bits per heavy atom. The van der Waals surface area contributed by atoms with E-state index in [2.05, 4.69) is 53.8 Å². The average molecular weight is 591 g/mol.